The van der Waals surface area contributed by atoms with E-state index < -0.39 is 0 Å². The van der Waals surface area contributed by atoms with Gasteiger partial charge in [0.15, 0.2) is 0 Å². The van der Waals surface area contributed by atoms with E-state index in [4.69, 9.17) is 10.5 Å². The number of ether oxygens (including phenoxy) is 1. The lowest BCUT2D eigenvalue weighted by molar-refractivity contribution is 0.413. The molecule has 0 spiro atoms. The molecule has 3 N–H and O–H groups in total. The number of nitrogens with two attached hydrogens (primary N) is 1. The van der Waals surface area contributed by atoms with Crippen LogP contribution in [0.5, 0.6) is 5.75 Å². The average molecular weight is 234 g/mol. The quantitative estimate of drug-likeness (QED) is 0.840. The molecular formula is C14H22N2O. The van der Waals surface area contributed by atoms with Crippen LogP contribution in [-0.2, 0) is 0 Å². The molecule has 1 aliphatic carbocycles. The van der Waals surface area contributed by atoms with E-state index >= 15 is 0 Å². The Morgan fingerprint density at radius 2 is 2.00 bits per heavy atom. The maximum absolute atomic E-state index is 5.92. The van der Waals surface area contributed by atoms with Gasteiger partial charge in [0.05, 0.1) is 7.11 Å². The first-order valence-electron chi connectivity index (χ1n) is 6.34. The second-order valence-electron chi connectivity index (χ2n) is 4.93. The van der Waals surface area contributed by atoms with Crippen LogP contribution in [0.25, 0.3) is 0 Å². The number of benzene rings is 1. The minimum Gasteiger partial charge on any atom is -0.497 e. The van der Waals surface area contributed by atoms with Crippen molar-refractivity contribution >= 4 is 0 Å². The van der Waals surface area contributed by atoms with Crippen molar-refractivity contribution in [1.82, 2.24) is 5.32 Å². The van der Waals surface area contributed by atoms with Gasteiger partial charge in [-0.25, -0.2) is 0 Å². The lowest BCUT2D eigenvalue weighted by Crippen LogP contribution is -2.30. The lowest BCUT2D eigenvalue weighted by atomic mass is 10.1. The number of nitrogens with one attached hydrogen (secondary N) is 1. The Morgan fingerprint density at radius 1 is 1.29 bits per heavy atom. The molecule has 0 radical (unpaired) electrons. The molecule has 1 saturated carbocycles. The first-order chi connectivity index (χ1) is 8.19. The van der Waals surface area contributed by atoms with Gasteiger partial charge in [0, 0.05) is 18.1 Å². The molecule has 3 atom stereocenters. The molecule has 3 heteroatoms. The Kier molecular flexibility index (Phi) is 4.02. The minimum absolute atomic E-state index is 0.371. The lowest BCUT2D eigenvalue weighted by Gasteiger charge is -2.20. The van der Waals surface area contributed by atoms with Crippen molar-refractivity contribution < 1.29 is 4.74 Å². The Balaban J connectivity index is 1.92. The van der Waals surface area contributed by atoms with Crippen molar-refractivity contribution in [3.63, 3.8) is 0 Å². The number of hydrogen-bond donors (Lipinski definition) is 2. The number of rotatable bonds is 4. The fraction of sp³-hybridized carbons (Fsp3) is 0.571. The van der Waals surface area contributed by atoms with Gasteiger partial charge in [0.2, 0.25) is 0 Å². The summed E-state index contributed by atoms with van der Waals surface area (Å²) < 4.78 is 5.16. The van der Waals surface area contributed by atoms with Gasteiger partial charge in [0.1, 0.15) is 5.75 Å². The molecule has 1 aliphatic rings. The molecular weight excluding hydrogens is 212 g/mol. The van der Waals surface area contributed by atoms with E-state index in [1.54, 1.807) is 7.11 Å². The third kappa shape index (κ3) is 3.20. The summed E-state index contributed by atoms with van der Waals surface area (Å²) in [7, 11) is 1.69. The van der Waals surface area contributed by atoms with Gasteiger partial charge >= 0.3 is 0 Å². The van der Waals surface area contributed by atoms with E-state index in [0.29, 0.717) is 18.1 Å². The van der Waals surface area contributed by atoms with Crippen LogP contribution in [0.15, 0.2) is 24.3 Å². The van der Waals surface area contributed by atoms with Gasteiger partial charge in [-0.3, -0.25) is 0 Å². The molecule has 0 heterocycles. The van der Waals surface area contributed by atoms with Crippen molar-refractivity contribution in [1.29, 1.82) is 0 Å². The van der Waals surface area contributed by atoms with E-state index in [2.05, 4.69) is 24.4 Å². The van der Waals surface area contributed by atoms with Gasteiger partial charge in [-0.05, 0) is 43.9 Å². The highest BCUT2D eigenvalue weighted by Crippen LogP contribution is 2.22. The summed E-state index contributed by atoms with van der Waals surface area (Å²) >= 11 is 0. The summed E-state index contributed by atoms with van der Waals surface area (Å²) in [6.45, 7) is 2.20. The predicted molar refractivity (Wildman–Crippen MR) is 70.2 cm³/mol. The fourth-order valence-corrected chi connectivity index (χ4v) is 2.51. The molecule has 2 unspecified atom stereocenters. The molecule has 17 heavy (non-hydrogen) atoms. The zero-order chi connectivity index (χ0) is 12.3. The van der Waals surface area contributed by atoms with Crippen LogP contribution in [0.4, 0.5) is 0 Å². The van der Waals surface area contributed by atoms with Crippen LogP contribution in [0.3, 0.4) is 0 Å². The van der Waals surface area contributed by atoms with Crippen molar-refractivity contribution in [2.24, 2.45) is 5.73 Å². The van der Waals surface area contributed by atoms with E-state index in [1.165, 1.54) is 12.0 Å². The summed E-state index contributed by atoms with van der Waals surface area (Å²) in [6, 6.07) is 9.58. The number of methoxy groups -OCH3 is 1. The second-order valence-corrected chi connectivity index (χ2v) is 4.93. The Bertz CT molecular complexity index is 350. The van der Waals surface area contributed by atoms with E-state index in [9.17, 15) is 0 Å². The first kappa shape index (κ1) is 12.4. The molecule has 0 aromatic heterocycles. The van der Waals surface area contributed by atoms with Crippen LogP contribution in [0, 0.1) is 0 Å². The molecule has 1 aromatic carbocycles. The minimum atomic E-state index is 0.371. The molecule has 3 nitrogen and oxygen atoms in total. The van der Waals surface area contributed by atoms with Crippen molar-refractivity contribution in [2.75, 3.05) is 7.11 Å². The Morgan fingerprint density at radius 3 is 2.53 bits per heavy atom. The van der Waals surface area contributed by atoms with Gasteiger partial charge in [-0.2, -0.15) is 0 Å². The highest BCUT2D eigenvalue weighted by molar-refractivity contribution is 5.28. The molecule has 1 fully saturated rings. The number of hydrogen-bond acceptors (Lipinski definition) is 3. The van der Waals surface area contributed by atoms with Gasteiger partial charge in [0.25, 0.3) is 0 Å². The molecule has 94 valence electrons. The van der Waals surface area contributed by atoms with Gasteiger partial charge in [-0.1, -0.05) is 12.1 Å². The third-order valence-corrected chi connectivity index (χ3v) is 3.57. The standard InChI is InChI=1S/C14H22N2O/c1-10(16-13-6-5-12(15)9-13)11-3-7-14(17-2)8-4-11/h3-4,7-8,10,12-13,16H,5-6,9,15H2,1-2H3/t10-,12?,13?/m1/s1. The molecule has 0 amide bonds. The summed E-state index contributed by atoms with van der Waals surface area (Å²) in [5.74, 6) is 0.906. The van der Waals surface area contributed by atoms with E-state index in [1.807, 2.05) is 12.1 Å². The first-order valence-corrected chi connectivity index (χ1v) is 6.34. The van der Waals surface area contributed by atoms with Crippen molar-refractivity contribution in [3.8, 4) is 5.75 Å². The van der Waals surface area contributed by atoms with Crippen LogP contribution in [0.1, 0.15) is 37.8 Å². The van der Waals surface area contributed by atoms with Crippen LogP contribution in [-0.4, -0.2) is 19.2 Å². The summed E-state index contributed by atoms with van der Waals surface area (Å²) in [5, 5.41) is 3.64. The monoisotopic (exact) mass is 234 g/mol. The van der Waals surface area contributed by atoms with Gasteiger partial charge in [-0.15, -0.1) is 0 Å². The maximum Gasteiger partial charge on any atom is 0.118 e. The van der Waals surface area contributed by atoms with Crippen LogP contribution < -0.4 is 15.8 Å². The predicted octanol–water partition coefficient (Wildman–Crippen LogP) is 2.23. The highest BCUT2D eigenvalue weighted by atomic mass is 16.5. The molecule has 0 saturated heterocycles. The molecule has 0 bridgehead atoms. The van der Waals surface area contributed by atoms with Crippen molar-refractivity contribution in [2.45, 2.75) is 44.3 Å². The topological polar surface area (TPSA) is 47.3 Å². The Labute approximate surface area is 103 Å². The summed E-state index contributed by atoms with van der Waals surface area (Å²) in [6.07, 6.45) is 3.44. The van der Waals surface area contributed by atoms with Crippen LogP contribution in [0.2, 0.25) is 0 Å². The average Bonchev–Trinajstić information content (AvgIpc) is 2.75. The summed E-state index contributed by atoms with van der Waals surface area (Å²) in [4.78, 5) is 0. The largest absolute Gasteiger partial charge is 0.497 e. The zero-order valence-corrected chi connectivity index (χ0v) is 10.6. The normalized spacial score (nSPS) is 25.8. The van der Waals surface area contributed by atoms with Gasteiger partial charge < -0.3 is 15.8 Å². The van der Waals surface area contributed by atoms with Crippen LogP contribution >= 0.6 is 0 Å². The molecule has 2 rings (SSSR count). The summed E-state index contributed by atoms with van der Waals surface area (Å²) in [5.41, 5.74) is 7.22. The molecule has 0 aliphatic heterocycles. The smallest absolute Gasteiger partial charge is 0.118 e. The van der Waals surface area contributed by atoms with E-state index in [-0.39, 0.29) is 0 Å². The maximum atomic E-state index is 5.92. The second kappa shape index (κ2) is 5.52. The molecule has 1 aromatic rings. The van der Waals surface area contributed by atoms with Crippen molar-refractivity contribution in [3.05, 3.63) is 29.8 Å². The Hall–Kier alpha value is -1.06. The van der Waals surface area contributed by atoms with E-state index in [0.717, 1.165) is 18.6 Å². The SMILES string of the molecule is COc1ccc([C@@H](C)NC2CCC(N)C2)cc1. The fourth-order valence-electron chi connectivity index (χ4n) is 2.51. The third-order valence-electron chi connectivity index (χ3n) is 3.57. The highest BCUT2D eigenvalue weighted by Gasteiger charge is 2.22. The zero-order valence-electron chi connectivity index (χ0n) is 10.6.